The van der Waals surface area contributed by atoms with Crippen LogP contribution in [0.1, 0.15) is 17.3 Å². The zero-order valence-electron chi connectivity index (χ0n) is 10.3. The Morgan fingerprint density at radius 3 is 2.89 bits per heavy atom. The van der Waals surface area contributed by atoms with Crippen molar-refractivity contribution < 1.29 is 4.42 Å². The molecule has 0 aromatic carbocycles. The zero-order valence-corrected chi connectivity index (χ0v) is 11.1. The Kier molecular flexibility index (Phi) is 2.76. The maximum Gasteiger partial charge on any atom is 0.214 e. The van der Waals surface area contributed by atoms with Crippen LogP contribution in [0.3, 0.4) is 0 Å². The van der Waals surface area contributed by atoms with E-state index in [4.69, 9.17) is 4.42 Å². The smallest absolute Gasteiger partial charge is 0.214 e. The first-order valence-electron chi connectivity index (χ1n) is 5.71. The van der Waals surface area contributed by atoms with Gasteiger partial charge in [0.15, 0.2) is 5.76 Å². The number of oxazole rings is 1. The lowest BCUT2D eigenvalue weighted by Gasteiger charge is -2.01. The molecule has 0 aliphatic carbocycles. The number of hydrogen-bond donors (Lipinski definition) is 0. The Morgan fingerprint density at radius 1 is 1.33 bits per heavy atom. The Morgan fingerprint density at radius 2 is 2.22 bits per heavy atom. The standard InChI is InChI=1S/C13H13N3OS/c1-9-10(2)16(8-15-9)7-13-14-6-11(17-13)12-4-3-5-18-12/h3-6,8H,7H2,1-2H3. The van der Waals surface area contributed by atoms with Crippen molar-refractivity contribution in [3.05, 3.63) is 47.3 Å². The van der Waals surface area contributed by atoms with Crippen molar-refractivity contribution in [1.29, 1.82) is 0 Å². The van der Waals surface area contributed by atoms with Crippen molar-refractivity contribution in [2.45, 2.75) is 20.4 Å². The van der Waals surface area contributed by atoms with Gasteiger partial charge in [-0.25, -0.2) is 9.97 Å². The van der Waals surface area contributed by atoms with Crippen LogP contribution in [0.15, 0.2) is 34.5 Å². The predicted molar refractivity (Wildman–Crippen MR) is 70.6 cm³/mol. The average Bonchev–Trinajstić information content (AvgIpc) is 3.06. The number of thiophene rings is 1. The van der Waals surface area contributed by atoms with E-state index in [-0.39, 0.29) is 0 Å². The van der Waals surface area contributed by atoms with Crippen molar-refractivity contribution in [3.8, 4) is 10.6 Å². The molecule has 3 rings (SSSR count). The lowest BCUT2D eigenvalue weighted by Crippen LogP contribution is -2.00. The van der Waals surface area contributed by atoms with Crippen LogP contribution in [0.5, 0.6) is 0 Å². The number of aryl methyl sites for hydroxylation is 1. The summed E-state index contributed by atoms with van der Waals surface area (Å²) in [6.07, 6.45) is 3.60. The van der Waals surface area contributed by atoms with Gasteiger partial charge >= 0.3 is 0 Å². The largest absolute Gasteiger partial charge is 0.438 e. The molecule has 18 heavy (non-hydrogen) atoms. The van der Waals surface area contributed by atoms with Gasteiger partial charge in [0, 0.05) is 5.69 Å². The Labute approximate surface area is 109 Å². The van der Waals surface area contributed by atoms with Gasteiger partial charge in [-0.05, 0) is 25.3 Å². The van der Waals surface area contributed by atoms with Gasteiger partial charge in [0.1, 0.15) is 6.54 Å². The Balaban J connectivity index is 1.84. The Bertz CT molecular complexity index is 652. The van der Waals surface area contributed by atoms with Gasteiger partial charge in [-0.2, -0.15) is 0 Å². The molecule has 0 spiro atoms. The van der Waals surface area contributed by atoms with Crippen molar-refractivity contribution in [2.24, 2.45) is 0 Å². The van der Waals surface area contributed by atoms with E-state index in [1.54, 1.807) is 17.5 Å². The molecule has 0 radical (unpaired) electrons. The SMILES string of the molecule is Cc1ncn(Cc2ncc(-c3cccs3)o2)c1C. The topological polar surface area (TPSA) is 43.9 Å². The number of hydrogen-bond acceptors (Lipinski definition) is 4. The summed E-state index contributed by atoms with van der Waals surface area (Å²) < 4.78 is 7.79. The monoisotopic (exact) mass is 259 g/mol. The van der Waals surface area contributed by atoms with Gasteiger partial charge in [0.05, 0.1) is 23.1 Å². The molecule has 0 N–H and O–H groups in total. The lowest BCUT2D eigenvalue weighted by atomic mass is 10.4. The van der Waals surface area contributed by atoms with Crippen LogP contribution in [0, 0.1) is 13.8 Å². The second-order valence-electron chi connectivity index (χ2n) is 4.14. The minimum absolute atomic E-state index is 0.623. The maximum absolute atomic E-state index is 5.75. The first-order valence-corrected chi connectivity index (χ1v) is 6.59. The molecule has 0 amide bonds. The molecule has 92 valence electrons. The zero-order chi connectivity index (χ0) is 12.5. The molecular weight excluding hydrogens is 246 g/mol. The molecule has 4 nitrogen and oxygen atoms in total. The third kappa shape index (κ3) is 1.97. The average molecular weight is 259 g/mol. The van der Waals surface area contributed by atoms with Crippen molar-refractivity contribution in [1.82, 2.24) is 14.5 Å². The van der Waals surface area contributed by atoms with E-state index in [1.165, 1.54) is 0 Å². The highest BCUT2D eigenvalue weighted by atomic mass is 32.1. The summed E-state index contributed by atoms with van der Waals surface area (Å²) in [7, 11) is 0. The van der Waals surface area contributed by atoms with Crippen molar-refractivity contribution >= 4 is 11.3 Å². The second-order valence-corrected chi connectivity index (χ2v) is 5.09. The van der Waals surface area contributed by atoms with E-state index in [0.717, 1.165) is 22.0 Å². The summed E-state index contributed by atoms with van der Waals surface area (Å²) in [6, 6.07) is 4.03. The van der Waals surface area contributed by atoms with Gasteiger partial charge in [0.2, 0.25) is 5.89 Å². The molecule has 0 fully saturated rings. The summed E-state index contributed by atoms with van der Waals surface area (Å²) in [4.78, 5) is 9.68. The van der Waals surface area contributed by atoms with Gasteiger partial charge < -0.3 is 8.98 Å². The fourth-order valence-electron chi connectivity index (χ4n) is 1.77. The summed E-state index contributed by atoms with van der Waals surface area (Å²) in [5, 5.41) is 2.03. The first-order chi connectivity index (χ1) is 8.74. The van der Waals surface area contributed by atoms with E-state index >= 15 is 0 Å². The van der Waals surface area contributed by atoms with Crippen LogP contribution in [-0.4, -0.2) is 14.5 Å². The molecule has 3 aromatic heterocycles. The summed E-state index contributed by atoms with van der Waals surface area (Å²) >= 11 is 1.65. The highest BCUT2D eigenvalue weighted by Crippen LogP contribution is 2.25. The van der Waals surface area contributed by atoms with Crippen LogP contribution >= 0.6 is 11.3 Å². The highest BCUT2D eigenvalue weighted by molar-refractivity contribution is 7.13. The van der Waals surface area contributed by atoms with Crippen molar-refractivity contribution in [3.63, 3.8) is 0 Å². The van der Waals surface area contributed by atoms with Crippen LogP contribution < -0.4 is 0 Å². The fraction of sp³-hybridized carbons (Fsp3) is 0.231. The normalized spacial score (nSPS) is 11.0. The van der Waals surface area contributed by atoms with Crippen LogP contribution in [-0.2, 0) is 6.54 Å². The summed E-state index contributed by atoms with van der Waals surface area (Å²) in [5.41, 5.74) is 2.19. The predicted octanol–water partition coefficient (Wildman–Crippen LogP) is 3.26. The Hall–Kier alpha value is -1.88. The van der Waals surface area contributed by atoms with Crippen LogP contribution in [0.25, 0.3) is 10.6 Å². The molecule has 0 bridgehead atoms. The van der Waals surface area contributed by atoms with E-state index in [9.17, 15) is 0 Å². The maximum atomic E-state index is 5.75. The molecule has 0 aliphatic heterocycles. The number of rotatable bonds is 3. The van der Waals surface area contributed by atoms with Gasteiger partial charge in [-0.3, -0.25) is 0 Å². The van der Waals surface area contributed by atoms with E-state index in [0.29, 0.717) is 12.4 Å². The van der Waals surface area contributed by atoms with E-state index in [2.05, 4.69) is 9.97 Å². The molecule has 0 atom stereocenters. The van der Waals surface area contributed by atoms with Gasteiger partial charge in [-0.1, -0.05) is 6.07 Å². The molecule has 3 heterocycles. The van der Waals surface area contributed by atoms with E-state index in [1.807, 2.05) is 42.3 Å². The van der Waals surface area contributed by atoms with Gasteiger partial charge in [-0.15, -0.1) is 11.3 Å². The van der Waals surface area contributed by atoms with Crippen LogP contribution in [0.2, 0.25) is 0 Å². The number of aromatic nitrogens is 3. The molecule has 0 saturated carbocycles. The molecule has 0 unspecified atom stereocenters. The molecule has 3 aromatic rings. The van der Waals surface area contributed by atoms with Gasteiger partial charge in [0.25, 0.3) is 0 Å². The minimum atomic E-state index is 0.623. The summed E-state index contributed by atoms with van der Waals surface area (Å²) in [5.74, 6) is 1.54. The quantitative estimate of drug-likeness (QED) is 0.725. The number of imidazole rings is 1. The van der Waals surface area contributed by atoms with Crippen molar-refractivity contribution in [2.75, 3.05) is 0 Å². The van der Waals surface area contributed by atoms with E-state index < -0.39 is 0 Å². The first kappa shape index (κ1) is 11.2. The molecule has 0 saturated heterocycles. The number of nitrogens with zero attached hydrogens (tertiary/aromatic N) is 3. The third-order valence-corrected chi connectivity index (χ3v) is 3.85. The second kappa shape index (κ2) is 4.42. The van der Waals surface area contributed by atoms with Crippen LogP contribution in [0.4, 0.5) is 0 Å². The lowest BCUT2D eigenvalue weighted by molar-refractivity contribution is 0.487. The third-order valence-electron chi connectivity index (χ3n) is 2.97. The summed E-state index contributed by atoms with van der Waals surface area (Å²) in [6.45, 7) is 4.67. The minimum Gasteiger partial charge on any atom is -0.438 e. The highest BCUT2D eigenvalue weighted by Gasteiger charge is 2.09. The molecule has 5 heteroatoms. The fourth-order valence-corrected chi connectivity index (χ4v) is 2.44. The molecule has 0 aliphatic rings. The molecular formula is C13H13N3OS.